The van der Waals surface area contributed by atoms with Crippen LogP contribution in [0.4, 0.5) is 0 Å². The Morgan fingerprint density at radius 3 is 2.15 bits per heavy atom. The summed E-state index contributed by atoms with van der Waals surface area (Å²) in [6.45, 7) is 0. The molecule has 0 unspecified atom stereocenters. The Morgan fingerprint density at radius 2 is 1.58 bits per heavy atom. The summed E-state index contributed by atoms with van der Waals surface area (Å²) in [7, 11) is 0. The van der Waals surface area contributed by atoms with Gasteiger partial charge in [0.05, 0.1) is 4.88 Å². The average molecular weight is 364 g/mol. The maximum absolute atomic E-state index is 13.0. The summed E-state index contributed by atoms with van der Waals surface area (Å²) in [5.74, 6) is 0.108. The number of benzene rings is 2. The molecule has 1 amide bonds. The number of rotatable bonds is 7. The van der Waals surface area contributed by atoms with Crippen molar-refractivity contribution in [1.82, 2.24) is 5.32 Å². The minimum Gasteiger partial charge on any atom is -0.348 e. The fourth-order valence-electron chi connectivity index (χ4n) is 3.22. The van der Waals surface area contributed by atoms with Crippen LogP contribution in [0.5, 0.6) is 0 Å². The zero-order valence-electron chi connectivity index (χ0n) is 14.5. The Balaban J connectivity index is 1.66. The molecule has 0 aliphatic heterocycles. The Morgan fingerprint density at radius 1 is 0.923 bits per heavy atom. The zero-order valence-corrected chi connectivity index (χ0v) is 15.4. The van der Waals surface area contributed by atoms with Crippen LogP contribution in [0, 0.1) is 0 Å². The minimum absolute atomic E-state index is 0.103. The quantitative estimate of drug-likeness (QED) is 0.664. The maximum atomic E-state index is 13.0. The number of quaternary nitrogens is 1. The summed E-state index contributed by atoms with van der Waals surface area (Å²) >= 11 is 1.74. The van der Waals surface area contributed by atoms with Crippen molar-refractivity contribution >= 4 is 17.2 Å². The fourth-order valence-corrected chi connectivity index (χ4v) is 4.05. The van der Waals surface area contributed by atoms with Crippen LogP contribution in [0.3, 0.4) is 0 Å². The minimum atomic E-state index is -0.260. The van der Waals surface area contributed by atoms with Crippen LogP contribution in [0.15, 0.2) is 78.2 Å². The third-order valence-electron chi connectivity index (χ3n) is 4.76. The normalized spacial score (nSPS) is 16.0. The molecule has 0 bridgehead atoms. The van der Waals surface area contributed by atoms with E-state index in [0.29, 0.717) is 6.04 Å². The van der Waals surface area contributed by atoms with Crippen molar-refractivity contribution in [3.05, 3.63) is 94.2 Å². The number of thiophene rings is 1. The van der Waals surface area contributed by atoms with Crippen molar-refractivity contribution in [2.24, 2.45) is 0 Å². The third kappa shape index (κ3) is 4.03. The number of nitrogens with one attached hydrogen (secondary N) is 1. The first kappa shape index (κ1) is 17.0. The van der Waals surface area contributed by atoms with Gasteiger partial charge in [0.2, 0.25) is 0 Å². The van der Waals surface area contributed by atoms with Gasteiger partial charge in [0.25, 0.3) is 5.91 Å². The van der Waals surface area contributed by atoms with Crippen molar-refractivity contribution < 1.29 is 10.1 Å². The lowest BCUT2D eigenvalue weighted by molar-refractivity contribution is -0.713. The predicted octanol–water partition coefficient (Wildman–Crippen LogP) is 3.42. The van der Waals surface area contributed by atoms with Crippen LogP contribution >= 0.6 is 11.3 Å². The first-order chi connectivity index (χ1) is 12.8. The summed E-state index contributed by atoms with van der Waals surface area (Å²) in [6, 6.07) is 25.0. The van der Waals surface area contributed by atoms with E-state index < -0.39 is 0 Å². The largest absolute Gasteiger partial charge is 0.348 e. The van der Waals surface area contributed by atoms with Gasteiger partial charge < -0.3 is 10.6 Å². The molecule has 1 aromatic heterocycles. The molecule has 1 heterocycles. The molecule has 3 N–H and O–H groups in total. The van der Waals surface area contributed by atoms with E-state index >= 15 is 0 Å². The second-order valence-corrected chi connectivity index (χ2v) is 7.75. The van der Waals surface area contributed by atoms with Crippen LogP contribution in [0.1, 0.15) is 40.9 Å². The van der Waals surface area contributed by atoms with Gasteiger partial charge in [0.15, 0.2) is 6.04 Å². The number of carbonyl (C=O) groups excluding carboxylic acids is 1. The molecule has 0 saturated heterocycles. The van der Waals surface area contributed by atoms with Gasteiger partial charge in [-0.15, -0.1) is 11.3 Å². The number of hydrogen-bond donors (Lipinski definition) is 2. The third-order valence-corrected chi connectivity index (χ3v) is 5.71. The van der Waals surface area contributed by atoms with Gasteiger partial charge >= 0.3 is 0 Å². The first-order valence-corrected chi connectivity index (χ1v) is 9.98. The highest BCUT2D eigenvalue weighted by atomic mass is 32.1. The van der Waals surface area contributed by atoms with Crippen LogP contribution in [-0.4, -0.2) is 11.9 Å². The molecule has 1 saturated carbocycles. The number of carbonyl (C=O) groups is 1. The van der Waals surface area contributed by atoms with Crippen LogP contribution in [-0.2, 0) is 4.79 Å². The first-order valence-electron chi connectivity index (χ1n) is 9.10. The summed E-state index contributed by atoms with van der Waals surface area (Å²) in [4.78, 5) is 14.3. The van der Waals surface area contributed by atoms with Gasteiger partial charge in [0, 0.05) is 17.2 Å². The Hall–Kier alpha value is -2.43. The van der Waals surface area contributed by atoms with E-state index in [-0.39, 0.29) is 18.0 Å². The van der Waals surface area contributed by atoms with Crippen molar-refractivity contribution in [3.63, 3.8) is 0 Å². The molecule has 1 fully saturated rings. The Bertz CT molecular complexity index is 829. The fraction of sp³-hybridized carbons (Fsp3) is 0.227. The molecule has 4 rings (SSSR count). The molecule has 0 radical (unpaired) electrons. The Kier molecular flexibility index (Phi) is 5.14. The second kappa shape index (κ2) is 7.85. The van der Waals surface area contributed by atoms with Gasteiger partial charge in [-0.05, 0) is 24.3 Å². The molecule has 1 aliphatic rings. The molecule has 1 aliphatic carbocycles. The highest BCUT2D eigenvalue weighted by Crippen LogP contribution is 2.25. The molecular weight excluding hydrogens is 340 g/mol. The lowest BCUT2D eigenvalue weighted by atomic mass is 10.0. The zero-order chi connectivity index (χ0) is 17.8. The lowest BCUT2D eigenvalue weighted by Gasteiger charge is -2.22. The molecule has 4 heteroatoms. The molecule has 132 valence electrons. The van der Waals surface area contributed by atoms with Crippen molar-refractivity contribution in [2.75, 3.05) is 0 Å². The van der Waals surface area contributed by atoms with Crippen LogP contribution < -0.4 is 10.6 Å². The van der Waals surface area contributed by atoms with Crippen molar-refractivity contribution in [3.8, 4) is 0 Å². The van der Waals surface area contributed by atoms with E-state index in [1.807, 2.05) is 36.4 Å². The number of nitrogens with two attached hydrogens (primary N) is 1. The molecule has 26 heavy (non-hydrogen) atoms. The standard InChI is InChI=1S/C22H22N2OS/c25-22(23-18-13-14-18)21(17-10-5-2-6-11-17)24-20(19-12-7-15-26-19)16-8-3-1-4-9-16/h1-12,15,18,20-21,24H,13-14H2,(H,23,25)/p+1/t20-,21+/m0/s1. The van der Waals surface area contributed by atoms with Crippen LogP contribution in [0.2, 0.25) is 0 Å². The van der Waals surface area contributed by atoms with Crippen molar-refractivity contribution in [1.29, 1.82) is 0 Å². The molecular formula is C22H23N2OS+. The average Bonchev–Trinajstić information content (AvgIpc) is 3.33. The molecule has 3 nitrogen and oxygen atoms in total. The summed E-state index contributed by atoms with van der Waals surface area (Å²) < 4.78 is 0. The predicted molar refractivity (Wildman–Crippen MR) is 105 cm³/mol. The van der Waals surface area contributed by atoms with E-state index in [2.05, 4.69) is 52.4 Å². The summed E-state index contributed by atoms with van der Waals surface area (Å²) in [5, 5.41) is 7.49. The summed E-state index contributed by atoms with van der Waals surface area (Å²) in [5.41, 5.74) is 2.26. The van der Waals surface area contributed by atoms with Gasteiger partial charge in [-0.2, -0.15) is 0 Å². The Labute approximate surface area is 158 Å². The monoisotopic (exact) mass is 363 g/mol. The van der Waals surface area contributed by atoms with E-state index in [1.54, 1.807) is 11.3 Å². The smallest absolute Gasteiger partial charge is 0.283 e. The van der Waals surface area contributed by atoms with Gasteiger partial charge in [0.1, 0.15) is 6.04 Å². The lowest BCUT2D eigenvalue weighted by Crippen LogP contribution is -2.88. The molecule has 3 aromatic rings. The molecule has 2 atom stereocenters. The topological polar surface area (TPSA) is 45.7 Å². The maximum Gasteiger partial charge on any atom is 0.283 e. The number of hydrogen-bond acceptors (Lipinski definition) is 2. The van der Waals surface area contributed by atoms with Crippen molar-refractivity contribution in [2.45, 2.75) is 31.0 Å². The highest BCUT2D eigenvalue weighted by Gasteiger charge is 2.33. The number of amides is 1. The van der Waals surface area contributed by atoms with E-state index in [9.17, 15) is 4.79 Å². The van der Waals surface area contributed by atoms with E-state index in [4.69, 9.17) is 0 Å². The van der Waals surface area contributed by atoms with E-state index in [0.717, 1.165) is 18.4 Å². The second-order valence-electron chi connectivity index (χ2n) is 6.77. The highest BCUT2D eigenvalue weighted by molar-refractivity contribution is 7.10. The molecule has 2 aromatic carbocycles. The van der Waals surface area contributed by atoms with Crippen LogP contribution in [0.25, 0.3) is 0 Å². The molecule has 0 spiro atoms. The SMILES string of the molecule is O=C(NC1CC1)[C@H]([NH2+][C@@H](c1ccccc1)c1cccs1)c1ccccc1. The van der Waals surface area contributed by atoms with Gasteiger partial charge in [-0.1, -0.05) is 66.7 Å². The summed E-state index contributed by atoms with van der Waals surface area (Å²) in [6.07, 6.45) is 2.20. The van der Waals surface area contributed by atoms with Gasteiger partial charge in [-0.25, -0.2) is 0 Å². The van der Waals surface area contributed by atoms with E-state index in [1.165, 1.54) is 10.4 Å². The van der Waals surface area contributed by atoms with Gasteiger partial charge in [-0.3, -0.25) is 4.79 Å².